The molecule has 1 atom stereocenters. The quantitative estimate of drug-likeness (QED) is 0.827. The Kier molecular flexibility index (Phi) is 5.34. The molecule has 1 heterocycles. The second kappa shape index (κ2) is 8.03. The highest BCUT2D eigenvalue weighted by atomic mass is 16.5. The van der Waals surface area contributed by atoms with Crippen LogP contribution in [0.4, 0.5) is 0 Å². The van der Waals surface area contributed by atoms with Gasteiger partial charge in [0.1, 0.15) is 12.4 Å². The molecule has 0 spiro atoms. The summed E-state index contributed by atoms with van der Waals surface area (Å²) in [6.45, 7) is 5.08. The number of piperazine rings is 1. The molecule has 2 fully saturated rings. The van der Waals surface area contributed by atoms with Crippen LogP contribution in [-0.2, 0) is 6.61 Å². The van der Waals surface area contributed by atoms with Crippen LogP contribution in [0.5, 0.6) is 5.75 Å². The Bertz CT molecular complexity index is 663. The fourth-order valence-electron chi connectivity index (χ4n) is 3.76. The van der Waals surface area contributed by atoms with Crippen molar-refractivity contribution >= 4 is 0 Å². The van der Waals surface area contributed by atoms with Crippen LogP contribution in [0.3, 0.4) is 0 Å². The average Bonchev–Trinajstić information content (AvgIpc) is 3.51. The Labute approximate surface area is 151 Å². The van der Waals surface area contributed by atoms with Crippen molar-refractivity contribution in [3.63, 3.8) is 0 Å². The fourth-order valence-corrected chi connectivity index (χ4v) is 3.76. The first kappa shape index (κ1) is 16.6. The lowest BCUT2D eigenvalue weighted by Crippen LogP contribution is -2.45. The SMILES string of the molecule is c1ccc(COc2ccccc2[C@H](CC2CC2)N2CCNCC2)cc1. The number of nitrogens with zero attached hydrogens (tertiary/aromatic N) is 1. The normalized spacial score (nSPS) is 19.5. The van der Waals surface area contributed by atoms with Crippen molar-refractivity contribution in [2.45, 2.75) is 31.9 Å². The van der Waals surface area contributed by atoms with Gasteiger partial charge in [0, 0.05) is 37.8 Å². The van der Waals surface area contributed by atoms with Crippen molar-refractivity contribution in [1.29, 1.82) is 0 Å². The molecule has 3 nitrogen and oxygen atoms in total. The topological polar surface area (TPSA) is 24.5 Å². The van der Waals surface area contributed by atoms with E-state index in [9.17, 15) is 0 Å². The highest BCUT2D eigenvalue weighted by molar-refractivity contribution is 5.36. The summed E-state index contributed by atoms with van der Waals surface area (Å²) in [5.74, 6) is 1.96. The third-order valence-corrected chi connectivity index (χ3v) is 5.36. The zero-order valence-corrected chi connectivity index (χ0v) is 14.9. The van der Waals surface area contributed by atoms with Gasteiger partial charge in [-0.25, -0.2) is 0 Å². The molecule has 1 aliphatic carbocycles. The van der Waals surface area contributed by atoms with Crippen molar-refractivity contribution in [2.24, 2.45) is 5.92 Å². The molecule has 2 aromatic rings. The van der Waals surface area contributed by atoms with Gasteiger partial charge in [-0.15, -0.1) is 0 Å². The lowest BCUT2D eigenvalue weighted by atomic mass is 9.97. The second-order valence-electron chi connectivity index (χ2n) is 7.29. The maximum atomic E-state index is 6.25. The van der Waals surface area contributed by atoms with E-state index in [0.717, 1.165) is 37.8 Å². The van der Waals surface area contributed by atoms with E-state index in [1.54, 1.807) is 0 Å². The van der Waals surface area contributed by atoms with Crippen molar-refractivity contribution in [3.8, 4) is 5.75 Å². The minimum absolute atomic E-state index is 0.488. The van der Waals surface area contributed by atoms with E-state index in [1.807, 2.05) is 6.07 Å². The fraction of sp³-hybridized carbons (Fsp3) is 0.455. The molecule has 3 heteroatoms. The molecule has 2 aliphatic rings. The van der Waals surface area contributed by atoms with Gasteiger partial charge in [0.25, 0.3) is 0 Å². The van der Waals surface area contributed by atoms with E-state index < -0.39 is 0 Å². The van der Waals surface area contributed by atoms with E-state index in [1.165, 1.54) is 30.4 Å². The molecule has 0 aromatic heterocycles. The van der Waals surface area contributed by atoms with Gasteiger partial charge in [0.05, 0.1) is 0 Å². The molecule has 1 N–H and O–H groups in total. The number of nitrogens with one attached hydrogen (secondary N) is 1. The van der Waals surface area contributed by atoms with Crippen LogP contribution >= 0.6 is 0 Å². The summed E-state index contributed by atoms with van der Waals surface area (Å²) in [5, 5.41) is 3.48. The van der Waals surface area contributed by atoms with Crippen LogP contribution in [0.15, 0.2) is 54.6 Å². The van der Waals surface area contributed by atoms with E-state index in [0.29, 0.717) is 12.6 Å². The summed E-state index contributed by atoms with van der Waals surface area (Å²) in [6.07, 6.45) is 4.07. The molecule has 1 saturated carbocycles. The van der Waals surface area contributed by atoms with Gasteiger partial charge < -0.3 is 10.1 Å². The first-order valence-electron chi connectivity index (χ1n) is 9.60. The van der Waals surface area contributed by atoms with E-state index in [4.69, 9.17) is 4.74 Å². The molecule has 132 valence electrons. The van der Waals surface area contributed by atoms with Crippen LogP contribution in [0.25, 0.3) is 0 Å². The summed E-state index contributed by atoms with van der Waals surface area (Å²) < 4.78 is 6.25. The van der Waals surface area contributed by atoms with Gasteiger partial charge in [-0.2, -0.15) is 0 Å². The first-order chi connectivity index (χ1) is 12.4. The monoisotopic (exact) mass is 336 g/mol. The molecule has 25 heavy (non-hydrogen) atoms. The Morgan fingerprint density at radius 3 is 2.44 bits per heavy atom. The van der Waals surface area contributed by atoms with E-state index >= 15 is 0 Å². The van der Waals surface area contributed by atoms with Crippen LogP contribution in [0.1, 0.15) is 36.4 Å². The van der Waals surface area contributed by atoms with Crippen LogP contribution in [0.2, 0.25) is 0 Å². The highest BCUT2D eigenvalue weighted by Gasteiger charge is 2.31. The molecule has 0 unspecified atom stereocenters. The Morgan fingerprint density at radius 2 is 1.68 bits per heavy atom. The van der Waals surface area contributed by atoms with Crippen molar-refractivity contribution in [1.82, 2.24) is 10.2 Å². The van der Waals surface area contributed by atoms with Gasteiger partial charge in [-0.05, 0) is 24.0 Å². The minimum atomic E-state index is 0.488. The molecule has 0 bridgehead atoms. The molecule has 1 aliphatic heterocycles. The predicted molar refractivity (Wildman–Crippen MR) is 102 cm³/mol. The van der Waals surface area contributed by atoms with Crippen LogP contribution in [0, 0.1) is 5.92 Å². The molecule has 4 rings (SSSR count). The second-order valence-corrected chi connectivity index (χ2v) is 7.29. The Balaban J connectivity index is 1.53. The lowest BCUT2D eigenvalue weighted by Gasteiger charge is -2.36. The molecule has 2 aromatic carbocycles. The van der Waals surface area contributed by atoms with Gasteiger partial charge in [0.2, 0.25) is 0 Å². The summed E-state index contributed by atoms with van der Waals surface area (Å²) in [7, 11) is 0. The molecular formula is C22H28N2O. The number of para-hydroxylation sites is 1. The van der Waals surface area contributed by atoms with E-state index in [-0.39, 0.29) is 0 Å². The number of benzene rings is 2. The van der Waals surface area contributed by atoms with Gasteiger partial charge in [-0.3, -0.25) is 4.90 Å². The Hall–Kier alpha value is -1.84. The maximum absolute atomic E-state index is 6.25. The zero-order chi connectivity index (χ0) is 16.9. The third-order valence-electron chi connectivity index (χ3n) is 5.36. The summed E-state index contributed by atoms with van der Waals surface area (Å²) in [5.41, 5.74) is 2.59. The predicted octanol–water partition coefficient (Wildman–Crippen LogP) is 4.01. The lowest BCUT2D eigenvalue weighted by molar-refractivity contribution is 0.156. The first-order valence-corrected chi connectivity index (χ1v) is 9.60. The number of hydrogen-bond acceptors (Lipinski definition) is 3. The Morgan fingerprint density at radius 1 is 0.960 bits per heavy atom. The van der Waals surface area contributed by atoms with Crippen molar-refractivity contribution in [2.75, 3.05) is 26.2 Å². The molecule has 0 radical (unpaired) electrons. The summed E-state index contributed by atoms with van der Waals surface area (Å²) in [4.78, 5) is 2.65. The highest BCUT2D eigenvalue weighted by Crippen LogP contribution is 2.42. The van der Waals surface area contributed by atoms with E-state index in [2.05, 4.69) is 58.7 Å². The smallest absolute Gasteiger partial charge is 0.124 e. The standard InChI is InChI=1S/C22H28N2O/c1-2-6-19(7-3-1)17-25-22-9-5-4-8-20(22)21(16-18-10-11-18)24-14-12-23-13-15-24/h1-9,18,21,23H,10-17H2/t21-/m0/s1. The minimum Gasteiger partial charge on any atom is -0.489 e. The van der Waals surface area contributed by atoms with Crippen molar-refractivity contribution < 1.29 is 4.74 Å². The number of rotatable bonds is 7. The van der Waals surface area contributed by atoms with Gasteiger partial charge >= 0.3 is 0 Å². The number of ether oxygens (including phenoxy) is 1. The van der Waals surface area contributed by atoms with Gasteiger partial charge in [-0.1, -0.05) is 61.4 Å². The molecular weight excluding hydrogens is 308 g/mol. The zero-order valence-electron chi connectivity index (χ0n) is 14.9. The van der Waals surface area contributed by atoms with Crippen LogP contribution in [-0.4, -0.2) is 31.1 Å². The summed E-state index contributed by atoms with van der Waals surface area (Å²) in [6, 6.07) is 19.6. The third kappa shape index (κ3) is 4.42. The average molecular weight is 336 g/mol. The van der Waals surface area contributed by atoms with Gasteiger partial charge in [0.15, 0.2) is 0 Å². The van der Waals surface area contributed by atoms with Crippen molar-refractivity contribution in [3.05, 3.63) is 65.7 Å². The maximum Gasteiger partial charge on any atom is 0.124 e. The molecule has 0 amide bonds. The number of hydrogen-bond donors (Lipinski definition) is 1. The molecule has 1 saturated heterocycles. The van der Waals surface area contributed by atoms with Crippen LogP contribution < -0.4 is 10.1 Å². The largest absolute Gasteiger partial charge is 0.489 e. The summed E-state index contributed by atoms with van der Waals surface area (Å²) >= 11 is 0.